The van der Waals surface area contributed by atoms with Gasteiger partial charge < -0.3 is 14.4 Å². The fourth-order valence-corrected chi connectivity index (χ4v) is 2.30. The van der Waals surface area contributed by atoms with Crippen molar-refractivity contribution in [2.45, 2.75) is 37.7 Å². The summed E-state index contributed by atoms with van der Waals surface area (Å²) in [4.78, 5) is 15.0. The van der Waals surface area contributed by atoms with Crippen molar-refractivity contribution >= 4 is 5.97 Å². The molecule has 3 rings (SSSR count). The van der Waals surface area contributed by atoms with Crippen LogP contribution < -0.4 is 0 Å². The van der Waals surface area contributed by atoms with Gasteiger partial charge in [0.05, 0.1) is 11.8 Å². The molecule has 1 saturated heterocycles. The van der Waals surface area contributed by atoms with E-state index in [4.69, 9.17) is 14.4 Å². The second-order valence-corrected chi connectivity index (χ2v) is 4.93. The number of carbonyl (C=O) groups is 1. The Balaban J connectivity index is 1.77. The van der Waals surface area contributed by atoms with Crippen molar-refractivity contribution in [2.24, 2.45) is 5.92 Å². The molecule has 17 heavy (non-hydrogen) atoms. The van der Waals surface area contributed by atoms with Gasteiger partial charge in [0.25, 0.3) is 0 Å². The third-order valence-corrected chi connectivity index (χ3v) is 3.56. The fourth-order valence-electron chi connectivity index (χ4n) is 2.30. The lowest BCUT2D eigenvalue weighted by atomic mass is 10.0. The molecule has 1 aliphatic carbocycles. The molecule has 2 fully saturated rings. The van der Waals surface area contributed by atoms with E-state index in [1.165, 1.54) is 0 Å². The summed E-state index contributed by atoms with van der Waals surface area (Å²) in [7, 11) is 0. The molecule has 6 heteroatoms. The molecule has 6 nitrogen and oxygen atoms in total. The topological polar surface area (TPSA) is 85.5 Å². The quantitative estimate of drug-likeness (QED) is 0.853. The van der Waals surface area contributed by atoms with Crippen molar-refractivity contribution < 1.29 is 19.2 Å². The second-order valence-electron chi connectivity index (χ2n) is 4.93. The lowest BCUT2D eigenvalue weighted by molar-refractivity contribution is -0.138. The standard InChI is InChI=1S/C11H14N2O4/c1-11(3-2-4-16-11)10-12-8(17-13-10)6-5-7(6)9(14)15/h6-7H,2-5H2,1H3,(H,14,15). The first-order valence-electron chi connectivity index (χ1n) is 5.81. The van der Waals surface area contributed by atoms with E-state index in [0.717, 1.165) is 12.8 Å². The maximum Gasteiger partial charge on any atom is 0.307 e. The molecule has 2 aliphatic rings. The molecule has 1 aromatic heterocycles. The number of hydrogen-bond donors (Lipinski definition) is 1. The Labute approximate surface area is 98.0 Å². The van der Waals surface area contributed by atoms with Crippen LogP contribution in [0.3, 0.4) is 0 Å². The van der Waals surface area contributed by atoms with Gasteiger partial charge in [-0.3, -0.25) is 4.79 Å². The van der Waals surface area contributed by atoms with Gasteiger partial charge >= 0.3 is 5.97 Å². The Kier molecular flexibility index (Phi) is 2.22. The monoisotopic (exact) mass is 238 g/mol. The smallest absolute Gasteiger partial charge is 0.307 e. The Morgan fingerprint density at radius 3 is 3.00 bits per heavy atom. The molecule has 1 N–H and O–H groups in total. The van der Waals surface area contributed by atoms with Crippen LogP contribution in [-0.2, 0) is 15.1 Å². The number of rotatable bonds is 3. The van der Waals surface area contributed by atoms with Crippen molar-refractivity contribution in [2.75, 3.05) is 6.61 Å². The van der Waals surface area contributed by atoms with Crippen LogP contribution in [0.25, 0.3) is 0 Å². The molecular weight excluding hydrogens is 224 g/mol. The van der Waals surface area contributed by atoms with Crippen LogP contribution in [0.1, 0.15) is 43.8 Å². The van der Waals surface area contributed by atoms with E-state index in [1.807, 2.05) is 6.92 Å². The summed E-state index contributed by atoms with van der Waals surface area (Å²) in [6.45, 7) is 2.65. The summed E-state index contributed by atoms with van der Waals surface area (Å²) >= 11 is 0. The van der Waals surface area contributed by atoms with Gasteiger partial charge in [-0.1, -0.05) is 5.16 Å². The zero-order valence-electron chi connectivity index (χ0n) is 9.55. The maximum atomic E-state index is 10.8. The van der Waals surface area contributed by atoms with Crippen molar-refractivity contribution in [1.29, 1.82) is 0 Å². The second kappa shape index (κ2) is 3.53. The number of carboxylic acid groups (broad SMARTS) is 1. The highest BCUT2D eigenvalue weighted by Crippen LogP contribution is 2.47. The molecule has 0 aromatic carbocycles. The van der Waals surface area contributed by atoms with Gasteiger partial charge in [0.2, 0.25) is 11.7 Å². The number of carboxylic acids is 1. The van der Waals surface area contributed by atoms with Gasteiger partial charge in [-0.15, -0.1) is 0 Å². The Morgan fingerprint density at radius 1 is 1.59 bits per heavy atom. The average molecular weight is 238 g/mol. The van der Waals surface area contributed by atoms with Crippen LogP contribution in [0.2, 0.25) is 0 Å². The maximum absolute atomic E-state index is 10.8. The zero-order chi connectivity index (χ0) is 12.0. The molecule has 92 valence electrons. The first kappa shape index (κ1) is 10.7. The minimum Gasteiger partial charge on any atom is -0.481 e. The van der Waals surface area contributed by atoms with Crippen molar-refractivity contribution in [3.63, 3.8) is 0 Å². The first-order valence-corrected chi connectivity index (χ1v) is 5.81. The van der Waals surface area contributed by atoms with Gasteiger partial charge in [0, 0.05) is 6.61 Å². The van der Waals surface area contributed by atoms with Crippen LogP contribution in [0.4, 0.5) is 0 Å². The van der Waals surface area contributed by atoms with Crippen LogP contribution in [0.5, 0.6) is 0 Å². The predicted molar refractivity (Wildman–Crippen MR) is 55.3 cm³/mol. The molecule has 3 unspecified atom stereocenters. The number of nitrogens with zero attached hydrogens (tertiary/aromatic N) is 2. The van der Waals surface area contributed by atoms with E-state index in [2.05, 4.69) is 10.1 Å². The van der Waals surface area contributed by atoms with Gasteiger partial charge in [0.15, 0.2) is 0 Å². The normalized spacial score (nSPS) is 36.1. The summed E-state index contributed by atoms with van der Waals surface area (Å²) in [6, 6.07) is 0. The van der Waals surface area contributed by atoms with Crippen LogP contribution in [-0.4, -0.2) is 27.8 Å². The number of ether oxygens (including phenoxy) is 1. The van der Waals surface area contributed by atoms with Gasteiger partial charge in [-0.05, 0) is 26.2 Å². The first-order chi connectivity index (χ1) is 8.10. The summed E-state index contributed by atoms with van der Waals surface area (Å²) < 4.78 is 10.8. The highest BCUT2D eigenvalue weighted by molar-refractivity contribution is 5.74. The van der Waals surface area contributed by atoms with Crippen LogP contribution >= 0.6 is 0 Å². The Morgan fingerprint density at radius 2 is 2.41 bits per heavy atom. The minimum atomic E-state index is -0.793. The lowest BCUT2D eigenvalue weighted by Crippen LogP contribution is -2.21. The highest BCUT2D eigenvalue weighted by Gasteiger charge is 2.49. The Hall–Kier alpha value is -1.43. The summed E-state index contributed by atoms with van der Waals surface area (Å²) in [5, 5.41) is 12.8. The predicted octanol–water partition coefficient (Wildman–Crippen LogP) is 1.28. The molecule has 0 amide bonds. The van der Waals surface area contributed by atoms with E-state index in [9.17, 15) is 4.79 Å². The van der Waals surface area contributed by atoms with Crippen molar-refractivity contribution in [3.8, 4) is 0 Å². The molecule has 2 heterocycles. The molecular formula is C11H14N2O4. The Bertz CT molecular complexity index is 450. The molecule has 3 atom stereocenters. The molecule has 0 bridgehead atoms. The van der Waals surface area contributed by atoms with Crippen LogP contribution in [0.15, 0.2) is 4.52 Å². The third kappa shape index (κ3) is 1.72. The van der Waals surface area contributed by atoms with E-state index >= 15 is 0 Å². The van der Waals surface area contributed by atoms with Crippen molar-refractivity contribution in [1.82, 2.24) is 10.1 Å². The lowest BCUT2D eigenvalue weighted by Gasteiger charge is -2.17. The van der Waals surface area contributed by atoms with Crippen molar-refractivity contribution in [3.05, 3.63) is 11.7 Å². The molecule has 1 aliphatic heterocycles. The van der Waals surface area contributed by atoms with Crippen LogP contribution in [0, 0.1) is 5.92 Å². The molecule has 1 aromatic rings. The summed E-state index contributed by atoms with van der Waals surface area (Å²) in [5.74, 6) is -0.289. The molecule has 1 saturated carbocycles. The highest BCUT2D eigenvalue weighted by atomic mass is 16.5. The van der Waals surface area contributed by atoms with E-state index in [0.29, 0.717) is 24.7 Å². The minimum absolute atomic E-state index is 0.112. The van der Waals surface area contributed by atoms with E-state index in [-0.39, 0.29) is 11.8 Å². The number of aliphatic carboxylic acids is 1. The molecule has 0 radical (unpaired) electrons. The number of hydrogen-bond acceptors (Lipinski definition) is 5. The van der Waals surface area contributed by atoms with Gasteiger partial charge in [0.1, 0.15) is 5.60 Å². The van der Waals surface area contributed by atoms with E-state index in [1.54, 1.807) is 0 Å². The number of aromatic nitrogens is 2. The summed E-state index contributed by atoms with van der Waals surface area (Å²) in [5.41, 5.74) is -0.463. The SMILES string of the molecule is CC1(c2noc(C3CC3C(=O)O)n2)CCCO1. The largest absolute Gasteiger partial charge is 0.481 e. The van der Waals surface area contributed by atoms with E-state index < -0.39 is 11.6 Å². The zero-order valence-corrected chi connectivity index (χ0v) is 9.55. The van der Waals surface area contributed by atoms with Gasteiger partial charge in [-0.2, -0.15) is 4.98 Å². The molecule has 0 spiro atoms. The summed E-state index contributed by atoms with van der Waals surface area (Å²) in [6.07, 6.45) is 2.45. The fraction of sp³-hybridized carbons (Fsp3) is 0.727. The average Bonchev–Trinajstić information content (AvgIpc) is 2.74. The third-order valence-electron chi connectivity index (χ3n) is 3.56. The van der Waals surface area contributed by atoms with Gasteiger partial charge in [-0.25, -0.2) is 0 Å².